The SMILES string of the molecule is Cc1ccc(C(=O)N2CCCC(C(=O)N(C)CC(=O)Nc3ccccc3Br)C2)cc1. The number of amides is 3. The summed E-state index contributed by atoms with van der Waals surface area (Å²) in [5.41, 5.74) is 2.39. The lowest BCUT2D eigenvalue weighted by Crippen LogP contribution is -2.47. The molecular formula is C23H26BrN3O3. The molecule has 0 saturated carbocycles. The van der Waals surface area contributed by atoms with Gasteiger partial charge in [0.05, 0.1) is 18.2 Å². The largest absolute Gasteiger partial charge is 0.338 e. The first-order valence-electron chi connectivity index (χ1n) is 10.0. The smallest absolute Gasteiger partial charge is 0.253 e. The number of anilines is 1. The predicted octanol–water partition coefficient (Wildman–Crippen LogP) is 3.71. The number of benzene rings is 2. The van der Waals surface area contributed by atoms with Crippen molar-refractivity contribution in [1.82, 2.24) is 9.80 Å². The summed E-state index contributed by atoms with van der Waals surface area (Å²) in [6.07, 6.45) is 1.48. The molecular weight excluding hydrogens is 446 g/mol. The van der Waals surface area contributed by atoms with E-state index in [0.717, 1.165) is 16.5 Å². The Morgan fingerprint density at radius 3 is 2.53 bits per heavy atom. The molecule has 2 aromatic rings. The molecule has 1 N–H and O–H groups in total. The van der Waals surface area contributed by atoms with Crippen molar-refractivity contribution < 1.29 is 14.4 Å². The number of likely N-dealkylation sites (tertiary alicyclic amines) is 1. The van der Waals surface area contributed by atoms with Crippen molar-refractivity contribution in [3.8, 4) is 0 Å². The fourth-order valence-electron chi connectivity index (χ4n) is 3.60. The third-order valence-electron chi connectivity index (χ3n) is 5.26. The third-order valence-corrected chi connectivity index (χ3v) is 5.95. The summed E-state index contributed by atoms with van der Waals surface area (Å²) in [7, 11) is 1.63. The molecule has 1 unspecified atom stereocenters. The van der Waals surface area contributed by atoms with Gasteiger partial charge in [0.1, 0.15) is 0 Å². The molecule has 0 bridgehead atoms. The summed E-state index contributed by atoms with van der Waals surface area (Å²) in [6, 6.07) is 14.8. The zero-order valence-electron chi connectivity index (χ0n) is 17.2. The van der Waals surface area contributed by atoms with Crippen LogP contribution < -0.4 is 5.32 Å². The van der Waals surface area contributed by atoms with Crippen molar-refractivity contribution in [1.29, 1.82) is 0 Å². The highest BCUT2D eigenvalue weighted by molar-refractivity contribution is 9.10. The Morgan fingerprint density at radius 2 is 1.83 bits per heavy atom. The Bertz CT molecular complexity index is 930. The van der Waals surface area contributed by atoms with Crippen LogP contribution in [0.25, 0.3) is 0 Å². The number of aryl methyl sites for hydroxylation is 1. The van der Waals surface area contributed by atoms with Gasteiger partial charge in [-0.25, -0.2) is 0 Å². The number of piperidine rings is 1. The van der Waals surface area contributed by atoms with Crippen LogP contribution in [0, 0.1) is 12.8 Å². The molecule has 0 spiro atoms. The predicted molar refractivity (Wildman–Crippen MR) is 120 cm³/mol. The number of carbonyl (C=O) groups excluding carboxylic acids is 3. The summed E-state index contributed by atoms with van der Waals surface area (Å²) in [6.45, 7) is 2.96. The van der Waals surface area contributed by atoms with Crippen LogP contribution in [0.2, 0.25) is 0 Å². The first kappa shape index (κ1) is 22.0. The molecule has 0 aromatic heterocycles. The number of para-hydroxylation sites is 1. The monoisotopic (exact) mass is 471 g/mol. The van der Waals surface area contributed by atoms with Gasteiger partial charge in [0.25, 0.3) is 5.91 Å². The number of likely N-dealkylation sites (N-methyl/N-ethyl adjacent to an activating group) is 1. The fourth-order valence-corrected chi connectivity index (χ4v) is 3.98. The Balaban J connectivity index is 1.57. The number of carbonyl (C=O) groups is 3. The average Bonchev–Trinajstić information content (AvgIpc) is 2.75. The number of halogens is 1. The molecule has 1 aliphatic heterocycles. The number of hydrogen-bond donors (Lipinski definition) is 1. The Labute approximate surface area is 185 Å². The second-order valence-electron chi connectivity index (χ2n) is 7.68. The van der Waals surface area contributed by atoms with Crippen LogP contribution >= 0.6 is 15.9 Å². The van der Waals surface area contributed by atoms with Gasteiger partial charge in [-0.3, -0.25) is 14.4 Å². The molecule has 6 nitrogen and oxygen atoms in total. The van der Waals surface area contributed by atoms with Crippen LogP contribution in [0.5, 0.6) is 0 Å². The molecule has 158 valence electrons. The second-order valence-corrected chi connectivity index (χ2v) is 8.53. The second kappa shape index (κ2) is 9.89. The topological polar surface area (TPSA) is 69.7 Å². The van der Waals surface area contributed by atoms with Crippen LogP contribution in [0.3, 0.4) is 0 Å². The third kappa shape index (κ3) is 5.48. The molecule has 1 aliphatic rings. The summed E-state index contributed by atoms with van der Waals surface area (Å²) in [5, 5.41) is 2.81. The van der Waals surface area contributed by atoms with Gasteiger partial charge in [0.2, 0.25) is 11.8 Å². The van der Waals surface area contributed by atoms with Gasteiger partial charge in [-0.1, -0.05) is 29.8 Å². The van der Waals surface area contributed by atoms with Crippen LogP contribution in [-0.4, -0.2) is 54.2 Å². The molecule has 3 rings (SSSR count). The van der Waals surface area contributed by atoms with E-state index in [1.165, 1.54) is 4.90 Å². The molecule has 1 saturated heterocycles. The number of nitrogens with one attached hydrogen (secondary N) is 1. The van der Waals surface area contributed by atoms with Gasteiger partial charge in [-0.2, -0.15) is 0 Å². The van der Waals surface area contributed by atoms with Crippen molar-refractivity contribution in [2.75, 3.05) is 32.0 Å². The first-order valence-corrected chi connectivity index (χ1v) is 10.8. The maximum atomic E-state index is 12.9. The molecule has 1 atom stereocenters. The van der Waals surface area contributed by atoms with E-state index in [1.807, 2.05) is 49.4 Å². The van der Waals surface area contributed by atoms with Gasteiger partial charge in [-0.15, -0.1) is 0 Å². The minimum absolute atomic E-state index is 0.0391. The van der Waals surface area contributed by atoms with E-state index < -0.39 is 0 Å². The van der Waals surface area contributed by atoms with E-state index in [1.54, 1.807) is 18.0 Å². The average molecular weight is 472 g/mol. The molecule has 30 heavy (non-hydrogen) atoms. The summed E-state index contributed by atoms with van der Waals surface area (Å²) < 4.78 is 0.782. The number of rotatable bonds is 5. The number of nitrogens with zero attached hydrogens (tertiary/aromatic N) is 2. The van der Waals surface area contributed by atoms with Crippen molar-refractivity contribution in [2.45, 2.75) is 19.8 Å². The zero-order chi connectivity index (χ0) is 21.7. The fraction of sp³-hybridized carbons (Fsp3) is 0.348. The zero-order valence-corrected chi connectivity index (χ0v) is 18.8. The molecule has 2 aromatic carbocycles. The molecule has 0 radical (unpaired) electrons. The molecule has 3 amide bonds. The molecule has 7 heteroatoms. The summed E-state index contributed by atoms with van der Waals surface area (Å²) in [5.74, 6) is -0.726. The van der Waals surface area contributed by atoms with Gasteiger partial charge >= 0.3 is 0 Å². The van der Waals surface area contributed by atoms with Gasteiger partial charge in [0, 0.05) is 30.2 Å². The summed E-state index contributed by atoms with van der Waals surface area (Å²) >= 11 is 3.39. The van der Waals surface area contributed by atoms with Crippen molar-refractivity contribution in [3.63, 3.8) is 0 Å². The van der Waals surface area contributed by atoms with E-state index in [4.69, 9.17) is 0 Å². The highest BCUT2D eigenvalue weighted by atomic mass is 79.9. The van der Waals surface area contributed by atoms with Crippen LogP contribution in [-0.2, 0) is 9.59 Å². The van der Waals surface area contributed by atoms with Crippen molar-refractivity contribution in [2.24, 2.45) is 5.92 Å². The molecule has 1 heterocycles. The van der Waals surface area contributed by atoms with Crippen LogP contribution in [0.1, 0.15) is 28.8 Å². The minimum atomic E-state index is -0.297. The standard InChI is InChI=1S/C23H26BrN3O3/c1-16-9-11-17(12-10-16)23(30)27-13-5-6-18(14-27)22(29)26(2)15-21(28)25-20-8-4-3-7-19(20)24/h3-4,7-12,18H,5-6,13-15H2,1-2H3,(H,25,28). The quantitative estimate of drug-likeness (QED) is 0.722. The maximum Gasteiger partial charge on any atom is 0.253 e. The summed E-state index contributed by atoms with van der Waals surface area (Å²) in [4.78, 5) is 41.2. The lowest BCUT2D eigenvalue weighted by Gasteiger charge is -2.34. The van der Waals surface area contributed by atoms with E-state index in [-0.39, 0.29) is 30.2 Å². The lowest BCUT2D eigenvalue weighted by atomic mass is 9.96. The lowest BCUT2D eigenvalue weighted by molar-refractivity contribution is -0.138. The molecule has 1 fully saturated rings. The number of hydrogen-bond acceptors (Lipinski definition) is 3. The van der Waals surface area contributed by atoms with E-state index in [0.29, 0.717) is 30.8 Å². The van der Waals surface area contributed by atoms with E-state index in [9.17, 15) is 14.4 Å². The Hall–Kier alpha value is -2.67. The van der Waals surface area contributed by atoms with Crippen molar-refractivity contribution in [3.05, 3.63) is 64.1 Å². The van der Waals surface area contributed by atoms with Crippen molar-refractivity contribution >= 4 is 39.3 Å². The highest BCUT2D eigenvalue weighted by Crippen LogP contribution is 2.22. The maximum absolute atomic E-state index is 12.9. The van der Waals surface area contributed by atoms with Crippen LogP contribution in [0.15, 0.2) is 53.0 Å². The Kier molecular flexibility index (Phi) is 7.26. The van der Waals surface area contributed by atoms with E-state index >= 15 is 0 Å². The van der Waals surface area contributed by atoms with Gasteiger partial charge < -0.3 is 15.1 Å². The van der Waals surface area contributed by atoms with E-state index in [2.05, 4.69) is 21.2 Å². The highest BCUT2D eigenvalue weighted by Gasteiger charge is 2.31. The van der Waals surface area contributed by atoms with Crippen LogP contribution in [0.4, 0.5) is 5.69 Å². The Morgan fingerprint density at radius 1 is 1.13 bits per heavy atom. The van der Waals surface area contributed by atoms with Gasteiger partial charge in [0.15, 0.2) is 0 Å². The van der Waals surface area contributed by atoms with Gasteiger partial charge in [-0.05, 0) is 60.0 Å². The normalized spacial score (nSPS) is 16.1. The first-order chi connectivity index (χ1) is 14.3. The molecule has 0 aliphatic carbocycles. The minimum Gasteiger partial charge on any atom is -0.338 e.